The van der Waals surface area contributed by atoms with Crippen molar-refractivity contribution in [3.63, 3.8) is 0 Å². The normalized spacial score (nSPS) is 10.9. The summed E-state index contributed by atoms with van der Waals surface area (Å²) >= 11 is 8.95. The van der Waals surface area contributed by atoms with E-state index < -0.39 is 5.82 Å². The molecule has 0 saturated heterocycles. The highest BCUT2D eigenvalue weighted by Gasteiger charge is 2.14. The molecule has 0 atom stereocenters. The predicted octanol–water partition coefficient (Wildman–Crippen LogP) is 3.36. The molecule has 0 aliphatic rings. The lowest BCUT2D eigenvalue weighted by molar-refractivity contribution is 0.458. The fourth-order valence-corrected chi connectivity index (χ4v) is 2.45. The first kappa shape index (κ1) is 14.1. The van der Waals surface area contributed by atoms with Gasteiger partial charge in [0.15, 0.2) is 5.82 Å². The maximum absolute atomic E-state index is 13.6. The largest absolute Gasteiger partial charge is 0.435 e. The third-order valence-electron chi connectivity index (χ3n) is 2.67. The number of imidazole rings is 1. The second-order valence-electron chi connectivity index (χ2n) is 4.03. The Morgan fingerprint density at radius 3 is 3.00 bits per heavy atom. The van der Waals surface area contributed by atoms with Gasteiger partial charge in [-0.25, -0.2) is 15.2 Å². The van der Waals surface area contributed by atoms with Crippen molar-refractivity contribution in [2.75, 3.05) is 5.43 Å². The molecule has 0 aliphatic carbocycles. The highest BCUT2D eigenvalue weighted by Crippen LogP contribution is 2.34. The molecular formula is C12H8BrClFN5O. The first-order chi connectivity index (χ1) is 10.1. The van der Waals surface area contributed by atoms with Crippen molar-refractivity contribution < 1.29 is 9.13 Å². The predicted molar refractivity (Wildman–Crippen MR) is 80.0 cm³/mol. The number of nitrogen functional groups attached to an aromatic ring is 1. The average Bonchev–Trinajstić information content (AvgIpc) is 2.93. The monoisotopic (exact) mass is 371 g/mol. The van der Waals surface area contributed by atoms with Crippen LogP contribution in [0, 0.1) is 5.82 Å². The van der Waals surface area contributed by atoms with Gasteiger partial charge in [0, 0.05) is 18.5 Å². The molecule has 2 aromatic heterocycles. The summed E-state index contributed by atoms with van der Waals surface area (Å²) in [5, 5.41) is -0.00878. The molecule has 3 rings (SSSR count). The molecule has 0 unspecified atom stereocenters. The van der Waals surface area contributed by atoms with E-state index >= 15 is 0 Å². The minimum atomic E-state index is -0.595. The van der Waals surface area contributed by atoms with E-state index in [1.807, 2.05) is 0 Å². The summed E-state index contributed by atoms with van der Waals surface area (Å²) in [7, 11) is 0. The van der Waals surface area contributed by atoms with Gasteiger partial charge in [-0.05, 0) is 22.0 Å². The quantitative estimate of drug-likeness (QED) is 0.419. The Hall–Kier alpha value is -1.90. The zero-order chi connectivity index (χ0) is 15.0. The summed E-state index contributed by atoms with van der Waals surface area (Å²) in [6.07, 6.45) is 4.94. The summed E-state index contributed by atoms with van der Waals surface area (Å²) in [6, 6.07) is 2.57. The molecule has 3 N–H and O–H groups in total. The van der Waals surface area contributed by atoms with E-state index in [1.54, 1.807) is 23.0 Å². The zero-order valence-corrected chi connectivity index (χ0v) is 12.7. The van der Waals surface area contributed by atoms with Gasteiger partial charge in [0.05, 0.1) is 15.7 Å². The van der Waals surface area contributed by atoms with Crippen molar-refractivity contribution in [1.29, 1.82) is 0 Å². The Kier molecular flexibility index (Phi) is 3.66. The molecule has 0 aliphatic heterocycles. The fraction of sp³-hybridized carbons (Fsp3) is 0. The maximum Gasteiger partial charge on any atom is 0.265 e. The molecule has 3 aromatic rings. The van der Waals surface area contributed by atoms with Gasteiger partial charge < -0.3 is 10.2 Å². The molecule has 0 radical (unpaired) electrons. The van der Waals surface area contributed by atoms with Crippen molar-refractivity contribution >= 4 is 39.0 Å². The number of benzene rings is 1. The number of hydrazine groups is 1. The SMILES string of the molecule is NNc1cn2ccnc2c(Oc2cc(F)c(Cl)cc2Br)n1. The van der Waals surface area contributed by atoms with Gasteiger partial charge in [0.25, 0.3) is 5.88 Å². The van der Waals surface area contributed by atoms with Crippen LogP contribution in [0.5, 0.6) is 11.6 Å². The molecule has 0 bridgehead atoms. The lowest BCUT2D eigenvalue weighted by Crippen LogP contribution is -2.10. The number of anilines is 1. The molecule has 9 heteroatoms. The lowest BCUT2D eigenvalue weighted by atomic mass is 10.3. The van der Waals surface area contributed by atoms with Crippen LogP contribution in [0.3, 0.4) is 0 Å². The van der Waals surface area contributed by atoms with Crippen LogP contribution in [0.1, 0.15) is 0 Å². The van der Waals surface area contributed by atoms with Crippen LogP contribution >= 0.6 is 27.5 Å². The van der Waals surface area contributed by atoms with E-state index in [9.17, 15) is 4.39 Å². The molecule has 108 valence electrons. The van der Waals surface area contributed by atoms with Crippen molar-refractivity contribution in [3.05, 3.63) is 46.0 Å². The number of fused-ring (bicyclic) bond motifs is 1. The minimum Gasteiger partial charge on any atom is -0.435 e. The number of nitrogens with two attached hydrogens (primary N) is 1. The summed E-state index contributed by atoms with van der Waals surface area (Å²) in [6.45, 7) is 0. The standard InChI is InChI=1S/C12H8BrClFN5O/c13-6-3-7(14)8(15)4-9(6)21-12-11-17-1-2-20(11)5-10(18-12)19-16/h1-5,19H,16H2. The van der Waals surface area contributed by atoms with Crippen LogP contribution in [-0.2, 0) is 0 Å². The molecule has 0 saturated carbocycles. The van der Waals surface area contributed by atoms with E-state index in [0.29, 0.717) is 15.9 Å². The van der Waals surface area contributed by atoms with Gasteiger partial charge in [-0.3, -0.25) is 4.40 Å². The van der Waals surface area contributed by atoms with Gasteiger partial charge in [-0.15, -0.1) is 0 Å². The number of rotatable bonds is 3. The second kappa shape index (κ2) is 5.47. The Morgan fingerprint density at radius 2 is 2.24 bits per heavy atom. The molecule has 6 nitrogen and oxygen atoms in total. The highest BCUT2D eigenvalue weighted by molar-refractivity contribution is 9.10. The number of halogens is 3. The minimum absolute atomic E-state index is 0.00878. The van der Waals surface area contributed by atoms with E-state index in [1.165, 1.54) is 6.07 Å². The number of hydrogen-bond donors (Lipinski definition) is 2. The number of nitrogens with zero attached hydrogens (tertiary/aromatic N) is 3. The fourth-order valence-electron chi connectivity index (χ4n) is 1.73. The van der Waals surface area contributed by atoms with Crippen molar-refractivity contribution in [2.24, 2.45) is 5.84 Å². The third-order valence-corrected chi connectivity index (χ3v) is 3.58. The van der Waals surface area contributed by atoms with Crippen LogP contribution < -0.4 is 16.0 Å². The Balaban J connectivity index is 2.09. The zero-order valence-electron chi connectivity index (χ0n) is 10.3. The van der Waals surface area contributed by atoms with E-state index in [2.05, 4.69) is 31.3 Å². The summed E-state index contributed by atoms with van der Waals surface area (Å²) in [5.41, 5.74) is 2.89. The summed E-state index contributed by atoms with van der Waals surface area (Å²) < 4.78 is 21.3. The topological polar surface area (TPSA) is 77.5 Å². The highest BCUT2D eigenvalue weighted by atomic mass is 79.9. The molecule has 2 heterocycles. The summed E-state index contributed by atoms with van der Waals surface area (Å²) in [5.74, 6) is 5.54. The lowest BCUT2D eigenvalue weighted by Gasteiger charge is -2.10. The molecule has 0 amide bonds. The van der Waals surface area contributed by atoms with Gasteiger partial charge in [-0.1, -0.05) is 11.6 Å². The van der Waals surface area contributed by atoms with Crippen molar-refractivity contribution in [2.45, 2.75) is 0 Å². The van der Waals surface area contributed by atoms with Gasteiger partial charge in [0.1, 0.15) is 11.6 Å². The van der Waals surface area contributed by atoms with Crippen LogP contribution in [0.25, 0.3) is 5.65 Å². The first-order valence-corrected chi connectivity index (χ1v) is 6.88. The molecule has 1 aromatic carbocycles. The number of ether oxygens (including phenoxy) is 1. The molecule has 0 fully saturated rings. The van der Waals surface area contributed by atoms with Gasteiger partial charge in [-0.2, -0.15) is 4.98 Å². The Labute approximate surface area is 131 Å². The average molecular weight is 373 g/mol. The maximum atomic E-state index is 13.6. The smallest absolute Gasteiger partial charge is 0.265 e. The van der Waals surface area contributed by atoms with Gasteiger partial charge >= 0.3 is 0 Å². The van der Waals surface area contributed by atoms with E-state index in [-0.39, 0.29) is 16.7 Å². The first-order valence-electron chi connectivity index (χ1n) is 5.71. The van der Waals surface area contributed by atoms with E-state index in [0.717, 1.165) is 6.07 Å². The molecular weight excluding hydrogens is 365 g/mol. The summed E-state index contributed by atoms with van der Waals surface area (Å²) in [4.78, 5) is 8.29. The third kappa shape index (κ3) is 2.65. The second-order valence-corrected chi connectivity index (χ2v) is 5.29. The molecule has 0 spiro atoms. The van der Waals surface area contributed by atoms with E-state index in [4.69, 9.17) is 22.2 Å². The van der Waals surface area contributed by atoms with Crippen LogP contribution in [-0.4, -0.2) is 14.4 Å². The Morgan fingerprint density at radius 1 is 1.43 bits per heavy atom. The van der Waals surface area contributed by atoms with Crippen molar-refractivity contribution in [1.82, 2.24) is 14.4 Å². The van der Waals surface area contributed by atoms with Crippen molar-refractivity contribution in [3.8, 4) is 11.6 Å². The van der Waals surface area contributed by atoms with Crippen LogP contribution in [0.15, 0.2) is 35.2 Å². The number of hydrogen-bond acceptors (Lipinski definition) is 5. The van der Waals surface area contributed by atoms with Gasteiger partial charge in [0.2, 0.25) is 5.65 Å². The number of aromatic nitrogens is 3. The van der Waals surface area contributed by atoms with Crippen LogP contribution in [0.2, 0.25) is 5.02 Å². The Bertz CT molecular complexity index is 825. The van der Waals surface area contributed by atoms with Crippen LogP contribution in [0.4, 0.5) is 10.2 Å². The number of nitrogens with one attached hydrogen (secondary N) is 1. The molecule has 21 heavy (non-hydrogen) atoms.